The van der Waals surface area contributed by atoms with E-state index in [4.69, 9.17) is 14.6 Å². The smallest absolute Gasteiger partial charge is 0.308 e. The Bertz CT molecular complexity index is 470. The molecular weight excluding hydrogens is 351 g/mol. The number of methoxy groups -OCH3 is 1. The van der Waals surface area contributed by atoms with Gasteiger partial charge in [-0.25, -0.2) is 0 Å². The van der Waals surface area contributed by atoms with Crippen LogP contribution >= 0.6 is 22.6 Å². The van der Waals surface area contributed by atoms with Gasteiger partial charge in [0.25, 0.3) is 0 Å². The fourth-order valence-corrected chi connectivity index (χ4v) is 2.19. The molecule has 0 unspecified atom stereocenters. The first kappa shape index (κ1) is 14.7. The third-order valence-corrected chi connectivity index (χ3v) is 2.96. The van der Waals surface area contributed by atoms with E-state index < -0.39 is 11.9 Å². The molecule has 6 heteroatoms. The zero-order chi connectivity index (χ0) is 13.7. The summed E-state index contributed by atoms with van der Waals surface area (Å²) in [5.74, 6) is -0.486. The summed E-state index contributed by atoms with van der Waals surface area (Å²) in [6.45, 7) is 1.31. The van der Waals surface area contributed by atoms with Gasteiger partial charge in [0.05, 0.1) is 10.7 Å². The monoisotopic (exact) mass is 364 g/mol. The summed E-state index contributed by atoms with van der Waals surface area (Å²) in [7, 11) is 1.47. The van der Waals surface area contributed by atoms with Gasteiger partial charge in [0.1, 0.15) is 0 Å². The second kappa shape index (κ2) is 6.58. The number of carboxylic acid groups (broad SMARTS) is 1. The summed E-state index contributed by atoms with van der Waals surface area (Å²) in [6.07, 6.45) is 0.453. The lowest BCUT2D eigenvalue weighted by atomic mass is 10.1. The van der Waals surface area contributed by atoms with Crippen LogP contribution in [0.4, 0.5) is 0 Å². The second-order valence-electron chi connectivity index (χ2n) is 3.60. The number of halogens is 1. The van der Waals surface area contributed by atoms with E-state index in [1.54, 1.807) is 12.1 Å². The van der Waals surface area contributed by atoms with E-state index in [0.717, 1.165) is 5.56 Å². The summed E-state index contributed by atoms with van der Waals surface area (Å²) in [5.41, 5.74) is 0.828. The van der Waals surface area contributed by atoms with E-state index in [2.05, 4.69) is 0 Å². The molecule has 1 aromatic carbocycles. The fraction of sp³-hybridized carbons (Fsp3) is 0.333. The molecule has 0 spiro atoms. The van der Waals surface area contributed by atoms with Gasteiger partial charge in [0.15, 0.2) is 11.5 Å². The van der Waals surface area contributed by atoms with Gasteiger partial charge < -0.3 is 14.6 Å². The molecule has 0 saturated heterocycles. The number of rotatable bonds is 5. The highest BCUT2D eigenvalue weighted by Gasteiger charge is 2.14. The van der Waals surface area contributed by atoms with Gasteiger partial charge >= 0.3 is 11.9 Å². The maximum atomic E-state index is 11.0. The number of hydrogen-bond acceptors (Lipinski definition) is 4. The van der Waals surface area contributed by atoms with Crippen molar-refractivity contribution in [2.45, 2.75) is 19.8 Å². The maximum Gasteiger partial charge on any atom is 0.308 e. The first-order chi connectivity index (χ1) is 8.43. The van der Waals surface area contributed by atoms with E-state index in [9.17, 15) is 9.59 Å². The molecule has 0 amide bonds. The molecule has 0 fully saturated rings. The van der Waals surface area contributed by atoms with Crippen molar-refractivity contribution in [2.75, 3.05) is 7.11 Å². The molecule has 0 saturated carbocycles. The predicted octanol–water partition coefficient (Wildman–Crippen LogP) is 2.24. The van der Waals surface area contributed by atoms with E-state index in [-0.39, 0.29) is 6.42 Å². The van der Waals surface area contributed by atoms with Crippen molar-refractivity contribution in [1.82, 2.24) is 0 Å². The van der Waals surface area contributed by atoms with Crippen LogP contribution in [0, 0.1) is 3.57 Å². The number of aliphatic carboxylic acids is 1. The van der Waals surface area contributed by atoms with Crippen LogP contribution in [0.5, 0.6) is 11.5 Å². The third-order valence-electron chi connectivity index (χ3n) is 2.16. The minimum atomic E-state index is -0.854. The molecule has 0 aliphatic heterocycles. The fourth-order valence-electron chi connectivity index (χ4n) is 1.41. The lowest BCUT2D eigenvalue weighted by Crippen LogP contribution is -2.06. The zero-order valence-electron chi connectivity index (χ0n) is 10.0. The third kappa shape index (κ3) is 4.17. The van der Waals surface area contributed by atoms with Crippen LogP contribution in [0.15, 0.2) is 12.1 Å². The molecule has 5 nitrogen and oxygen atoms in total. The number of carboxylic acids is 1. The van der Waals surface area contributed by atoms with Crippen molar-refractivity contribution in [3.63, 3.8) is 0 Å². The van der Waals surface area contributed by atoms with Crippen LogP contribution in [0.2, 0.25) is 0 Å². The molecule has 1 N–H and O–H groups in total. The van der Waals surface area contributed by atoms with Crippen molar-refractivity contribution in [3.05, 3.63) is 21.3 Å². The first-order valence-electron chi connectivity index (χ1n) is 5.20. The Balaban J connectivity index is 3.02. The molecule has 0 atom stereocenters. The minimum Gasteiger partial charge on any atom is -0.493 e. The number of hydrogen-bond donors (Lipinski definition) is 1. The molecule has 0 aliphatic rings. The largest absolute Gasteiger partial charge is 0.493 e. The molecule has 1 rings (SSSR count). The Morgan fingerprint density at radius 1 is 1.39 bits per heavy atom. The molecule has 1 aromatic rings. The van der Waals surface area contributed by atoms with Gasteiger partial charge in [0.2, 0.25) is 0 Å². The molecule has 0 aromatic heterocycles. The number of benzene rings is 1. The van der Waals surface area contributed by atoms with Gasteiger partial charge in [-0.2, -0.15) is 0 Å². The molecule has 0 radical (unpaired) electrons. The van der Waals surface area contributed by atoms with Crippen molar-refractivity contribution < 1.29 is 24.2 Å². The van der Waals surface area contributed by atoms with Gasteiger partial charge in [0, 0.05) is 13.3 Å². The van der Waals surface area contributed by atoms with Crippen LogP contribution in [-0.4, -0.2) is 24.2 Å². The highest BCUT2D eigenvalue weighted by atomic mass is 127. The quantitative estimate of drug-likeness (QED) is 0.493. The number of carbonyl (C=O) groups is 2. The Labute approximate surface area is 118 Å². The Kier molecular flexibility index (Phi) is 5.39. The van der Waals surface area contributed by atoms with Crippen molar-refractivity contribution >= 4 is 34.5 Å². The molecule has 18 heavy (non-hydrogen) atoms. The lowest BCUT2D eigenvalue weighted by Gasteiger charge is -2.12. The summed E-state index contributed by atoms with van der Waals surface area (Å²) < 4.78 is 10.9. The van der Waals surface area contributed by atoms with Crippen molar-refractivity contribution in [3.8, 4) is 11.5 Å². The Morgan fingerprint density at radius 3 is 2.56 bits per heavy atom. The Morgan fingerprint density at radius 2 is 2.06 bits per heavy atom. The zero-order valence-corrected chi connectivity index (χ0v) is 12.2. The number of carbonyl (C=O) groups excluding carboxylic acids is 1. The normalized spacial score (nSPS) is 9.94. The summed E-state index contributed by atoms with van der Waals surface area (Å²) in [5, 5.41) is 8.64. The predicted molar refractivity (Wildman–Crippen MR) is 73.0 cm³/mol. The molecule has 0 aliphatic carbocycles. The van der Waals surface area contributed by atoms with Crippen LogP contribution in [0.25, 0.3) is 0 Å². The van der Waals surface area contributed by atoms with Crippen LogP contribution in [-0.2, 0) is 16.0 Å². The maximum absolute atomic E-state index is 11.0. The van der Waals surface area contributed by atoms with Crippen molar-refractivity contribution in [2.24, 2.45) is 0 Å². The summed E-state index contributed by atoms with van der Waals surface area (Å²) in [4.78, 5) is 21.5. The van der Waals surface area contributed by atoms with Crippen LogP contribution < -0.4 is 9.47 Å². The second-order valence-corrected chi connectivity index (χ2v) is 4.76. The average Bonchev–Trinajstić information content (AvgIpc) is 2.28. The SMILES string of the molecule is COc1cc(CCC(=O)O)cc(I)c1OC(C)=O. The summed E-state index contributed by atoms with van der Waals surface area (Å²) in [6, 6.07) is 3.47. The highest BCUT2D eigenvalue weighted by Crippen LogP contribution is 2.34. The molecule has 98 valence electrons. The minimum absolute atomic E-state index is 0.0478. The van der Waals surface area contributed by atoms with Gasteiger partial charge in [-0.3, -0.25) is 9.59 Å². The number of aryl methyl sites for hydroxylation is 1. The summed E-state index contributed by atoms with van der Waals surface area (Å²) >= 11 is 2.02. The van der Waals surface area contributed by atoms with E-state index in [0.29, 0.717) is 21.5 Å². The highest BCUT2D eigenvalue weighted by molar-refractivity contribution is 14.1. The van der Waals surface area contributed by atoms with Crippen LogP contribution in [0.3, 0.4) is 0 Å². The van der Waals surface area contributed by atoms with Gasteiger partial charge in [-0.05, 0) is 46.7 Å². The molecule has 0 heterocycles. The molecular formula is C12H13IO5. The van der Waals surface area contributed by atoms with E-state index >= 15 is 0 Å². The van der Waals surface area contributed by atoms with Crippen molar-refractivity contribution in [1.29, 1.82) is 0 Å². The first-order valence-corrected chi connectivity index (χ1v) is 6.28. The van der Waals surface area contributed by atoms with Gasteiger partial charge in [-0.15, -0.1) is 0 Å². The standard InChI is InChI=1S/C12H13IO5/c1-7(14)18-12-9(13)5-8(3-4-11(15)16)6-10(12)17-2/h5-6H,3-4H2,1-2H3,(H,15,16). The van der Waals surface area contributed by atoms with E-state index in [1.165, 1.54) is 14.0 Å². The lowest BCUT2D eigenvalue weighted by molar-refractivity contribution is -0.137. The number of ether oxygens (including phenoxy) is 2. The average molecular weight is 364 g/mol. The van der Waals surface area contributed by atoms with Crippen LogP contribution in [0.1, 0.15) is 18.9 Å². The molecule has 0 bridgehead atoms. The van der Waals surface area contributed by atoms with E-state index in [1.807, 2.05) is 22.6 Å². The van der Waals surface area contributed by atoms with Gasteiger partial charge in [-0.1, -0.05) is 0 Å². The number of esters is 1. The topological polar surface area (TPSA) is 72.8 Å². The Hall–Kier alpha value is -1.31.